The first-order valence-corrected chi connectivity index (χ1v) is 13.7. The van der Waals surface area contributed by atoms with Crippen molar-refractivity contribution < 1.29 is 14.4 Å². The smallest absolute Gasteiger partial charge is 0.256 e. The molecule has 1 aliphatic heterocycles. The third kappa shape index (κ3) is 8.02. The molecule has 2 amide bonds. The molecule has 0 radical (unpaired) electrons. The molecule has 0 saturated heterocycles. The SMILES string of the molecule is CCNCCNC(=O)CN(CC(=O)N(C)N1Cc2ccsc2C1)c1cc(/C(C)=N/OC(C)C)ccc1C. The van der Waals surface area contributed by atoms with Crippen molar-refractivity contribution in [3.63, 3.8) is 0 Å². The summed E-state index contributed by atoms with van der Waals surface area (Å²) in [6.45, 7) is 13.4. The van der Waals surface area contributed by atoms with Crippen LogP contribution in [-0.2, 0) is 27.5 Å². The number of benzene rings is 1. The molecule has 0 fully saturated rings. The number of hydrogen-bond acceptors (Lipinski definition) is 8. The Hall–Kier alpha value is -2.95. The number of nitrogens with zero attached hydrogens (tertiary/aromatic N) is 4. The normalized spacial score (nSPS) is 13.5. The van der Waals surface area contributed by atoms with Crippen molar-refractivity contribution >= 4 is 34.6 Å². The largest absolute Gasteiger partial charge is 0.393 e. The number of nitrogens with one attached hydrogen (secondary N) is 2. The van der Waals surface area contributed by atoms with Crippen molar-refractivity contribution in [3.05, 3.63) is 51.2 Å². The van der Waals surface area contributed by atoms with Crippen LogP contribution >= 0.6 is 11.3 Å². The molecule has 0 bridgehead atoms. The number of oxime groups is 1. The molecule has 1 aliphatic rings. The van der Waals surface area contributed by atoms with Crippen LogP contribution in [0.4, 0.5) is 5.69 Å². The highest BCUT2D eigenvalue weighted by Crippen LogP contribution is 2.28. The van der Waals surface area contributed by atoms with E-state index in [4.69, 9.17) is 4.84 Å². The average molecular weight is 529 g/mol. The Balaban J connectivity index is 1.79. The molecule has 37 heavy (non-hydrogen) atoms. The third-order valence-corrected chi connectivity index (χ3v) is 7.15. The summed E-state index contributed by atoms with van der Waals surface area (Å²) in [6, 6.07) is 8.06. The van der Waals surface area contributed by atoms with Crippen molar-refractivity contribution in [2.45, 2.75) is 53.8 Å². The van der Waals surface area contributed by atoms with Crippen LogP contribution in [-0.4, -0.2) is 73.4 Å². The Morgan fingerprint density at radius 3 is 2.68 bits per heavy atom. The first kappa shape index (κ1) is 28.6. The van der Waals surface area contributed by atoms with E-state index in [1.54, 1.807) is 23.4 Å². The minimum absolute atomic E-state index is 0.0224. The third-order valence-electron chi connectivity index (χ3n) is 6.20. The molecule has 0 saturated carbocycles. The number of fused-ring (bicyclic) bond motifs is 1. The van der Waals surface area contributed by atoms with Gasteiger partial charge in [0, 0.05) is 42.8 Å². The number of rotatable bonds is 13. The topological polar surface area (TPSA) is 89.5 Å². The van der Waals surface area contributed by atoms with Gasteiger partial charge in [-0.2, -0.15) is 0 Å². The average Bonchev–Trinajstić information content (AvgIpc) is 3.47. The summed E-state index contributed by atoms with van der Waals surface area (Å²) in [7, 11) is 1.80. The predicted molar refractivity (Wildman–Crippen MR) is 150 cm³/mol. The second-order valence-electron chi connectivity index (χ2n) is 9.50. The predicted octanol–water partition coefficient (Wildman–Crippen LogP) is 3.13. The number of aryl methyl sites for hydroxylation is 1. The van der Waals surface area contributed by atoms with Crippen molar-refractivity contribution in [2.24, 2.45) is 5.16 Å². The van der Waals surface area contributed by atoms with E-state index in [9.17, 15) is 9.59 Å². The summed E-state index contributed by atoms with van der Waals surface area (Å²) >= 11 is 1.72. The number of anilines is 1. The van der Waals surface area contributed by atoms with Crippen LogP contribution in [0.25, 0.3) is 0 Å². The molecule has 2 heterocycles. The van der Waals surface area contributed by atoms with Gasteiger partial charge in [-0.3, -0.25) is 14.6 Å². The maximum atomic E-state index is 13.4. The molecule has 1 aromatic carbocycles. The zero-order valence-electron chi connectivity index (χ0n) is 22.8. The monoisotopic (exact) mass is 528 g/mol. The molecule has 0 spiro atoms. The van der Waals surface area contributed by atoms with E-state index in [2.05, 4.69) is 27.2 Å². The Kier molecular flexibility index (Phi) is 10.5. The van der Waals surface area contributed by atoms with Crippen molar-refractivity contribution in [1.29, 1.82) is 0 Å². The second kappa shape index (κ2) is 13.6. The van der Waals surface area contributed by atoms with Gasteiger partial charge in [-0.25, -0.2) is 5.01 Å². The van der Waals surface area contributed by atoms with Gasteiger partial charge in [0.2, 0.25) is 5.91 Å². The molecular formula is C27H40N6O3S. The summed E-state index contributed by atoms with van der Waals surface area (Å²) in [5.41, 5.74) is 4.67. The van der Waals surface area contributed by atoms with Crippen molar-refractivity contribution in [3.8, 4) is 0 Å². The van der Waals surface area contributed by atoms with E-state index in [-0.39, 0.29) is 31.0 Å². The zero-order chi connectivity index (χ0) is 26.9. The molecule has 2 aromatic rings. The summed E-state index contributed by atoms with van der Waals surface area (Å²) < 4.78 is 0. The van der Waals surface area contributed by atoms with Crippen LogP contribution in [0.15, 0.2) is 34.8 Å². The van der Waals surface area contributed by atoms with E-state index in [1.807, 2.05) is 62.7 Å². The molecule has 0 aliphatic carbocycles. The van der Waals surface area contributed by atoms with Gasteiger partial charge in [0.1, 0.15) is 6.10 Å². The van der Waals surface area contributed by atoms with Crippen LogP contribution in [0.5, 0.6) is 0 Å². The molecule has 202 valence electrons. The lowest BCUT2D eigenvalue weighted by molar-refractivity contribution is -0.145. The first-order chi connectivity index (χ1) is 17.7. The number of hydrogen-bond donors (Lipinski definition) is 2. The Labute approximate surface area is 224 Å². The molecule has 2 N–H and O–H groups in total. The minimum atomic E-state index is -0.130. The van der Waals surface area contributed by atoms with E-state index < -0.39 is 0 Å². The standard InChI is InChI=1S/C27H40N6O3S/c1-7-28-11-12-29-26(34)17-32(18-27(35)31(6)33-15-23-10-13-37-25(23)16-33)24-14-22(9-8-20(24)4)21(5)30-36-19(2)3/h8-10,13-14,19,28H,7,11-12,15-18H2,1-6H3,(H,29,34)/b30-21+. The Bertz CT molecular complexity index is 1080. The second-order valence-corrected chi connectivity index (χ2v) is 10.5. The van der Waals surface area contributed by atoms with Gasteiger partial charge in [0.25, 0.3) is 5.91 Å². The Morgan fingerprint density at radius 1 is 1.19 bits per heavy atom. The quantitative estimate of drug-likeness (QED) is 0.236. The number of hydrazine groups is 1. The zero-order valence-corrected chi connectivity index (χ0v) is 23.7. The van der Waals surface area contributed by atoms with Gasteiger partial charge in [-0.05, 0) is 62.9 Å². The van der Waals surface area contributed by atoms with Gasteiger partial charge in [-0.15, -0.1) is 11.3 Å². The molecule has 10 heteroatoms. The number of amides is 2. The summed E-state index contributed by atoms with van der Waals surface area (Å²) in [5, 5.41) is 16.2. The molecule has 1 aromatic heterocycles. The maximum Gasteiger partial charge on any atom is 0.256 e. The molecule has 0 unspecified atom stereocenters. The number of likely N-dealkylation sites (N-methyl/N-ethyl adjacent to an activating group) is 2. The van der Waals surface area contributed by atoms with Crippen molar-refractivity contribution in [2.75, 3.05) is 44.7 Å². The summed E-state index contributed by atoms with van der Waals surface area (Å²) in [5.74, 6) is -0.205. The highest BCUT2D eigenvalue weighted by Gasteiger charge is 2.28. The molecule has 3 rings (SSSR count). The van der Waals surface area contributed by atoms with E-state index in [0.29, 0.717) is 19.6 Å². The maximum absolute atomic E-state index is 13.4. The highest BCUT2D eigenvalue weighted by molar-refractivity contribution is 7.10. The first-order valence-electron chi connectivity index (χ1n) is 12.8. The molecule has 9 nitrogen and oxygen atoms in total. The van der Waals surface area contributed by atoms with Gasteiger partial charge in [0.15, 0.2) is 0 Å². The van der Waals surface area contributed by atoms with E-state index >= 15 is 0 Å². The van der Waals surface area contributed by atoms with Gasteiger partial charge < -0.3 is 20.4 Å². The Morgan fingerprint density at radius 2 is 1.97 bits per heavy atom. The lowest BCUT2D eigenvalue weighted by Crippen LogP contribution is -2.48. The number of carbonyl (C=O) groups is 2. The van der Waals surface area contributed by atoms with E-state index in [0.717, 1.165) is 35.6 Å². The van der Waals surface area contributed by atoms with Crippen LogP contribution in [0.3, 0.4) is 0 Å². The number of thiophene rings is 1. The highest BCUT2D eigenvalue weighted by atomic mass is 32.1. The van der Waals surface area contributed by atoms with Crippen molar-refractivity contribution in [1.82, 2.24) is 20.7 Å². The van der Waals surface area contributed by atoms with E-state index in [1.165, 1.54) is 10.4 Å². The van der Waals surface area contributed by atoms with Gasteiger partial charge in [-0.1, -0.05) is 24.2 Å². The number of carbonyl (C=O) groups excluding carboxylic acids is 2. The van der Waals surface area contributed by atoms with Gasteiger partial charge >= 0.3 is 0 Å². The fourth-order valence-corrected chi connectivity index (χ4v) is 4.94. The fourth-order valence-electron chi connectivity index (χ4n) is 4.04. The molecule has 0 atom stereocenters. The summed E-state index contributed by atoms with van der Waals surface area (Å²) in [6.07, 6.45) is -0.0224. The van der Waals surface area contributed by atoms with Crippen LogP contribution in [0.1, 0.15) is 49.3 Å². The lowest BCUT2D eigenvalue weighted by Gasteiger charge is -2.32. The fraction of sp³-hybridized carbons (Fsp3) is 0.519. The van der Waals surface area contributed by atoms with Crippen LogP contribution in [0, 0.1) is 6.92 Å². The lowest BCUT2D eigenvalue weighted by atomic mass is 10.1. The molecular weight excluding hydrogens is 488 g/mol. The van der Waals surface area contributed by atoms with Crippen LogP contribution in [0.2, 0.25) is 0 Å². The summed E-state index contributed by atoms with van der Waals surface area (Å²) in [4.78, 5) is 34.9. The van der Waals surface area contributed by atoms with Crippen LogP contribution < -0.4 is 15.5 Å². The van der Waals surface area contributed by atoms with Gasteiger partial charge in [0.05, 0.1) is 25.3 Å². The minimum Gasteiger partial charge on any atom is -0.393 e.